The van der Waals surface area contributed by atoms with Gasteiger partial charge < -0.3 is 14.8 Å². The lowest BCUT2D eigenvalue weighted by Gasteiger charge is -2.11. The Morgan fingerprint density at radius 2 is 2.17 bits per heavy atom. The molecule has 0 aliphatic rings. The molecule has 0 fully saturated rings. The molecule has 23 heavy (non-hydrogen) atoms. The van der Waals surface area contributed by atoms with Gasteiger partial charge in [0.1, 0.15) is 9.84 Å². The maximum Gasteiger partial charge on any atom is 0.304 e. The molecule has 0 radical (unpaired) electrons. The molecule has 0 atom stereocenters. The van der Waals surface area contributed by atoms with Crippen LogP contribution in [0.3, 0.4) is 0 Å². The number of carboxylic acid groups (broad SMARTS) is 1. The minimum atomic E-state index is -0.851. The van der Waals surface area contributed by atoms with Crippen molar-refractivity contribution in [3.05, 3.63) is 23.0 Å². The molecule has 0 saturated carbocycles. The summed E-state index contributed by atoms with van der Waals surface area (Å²) < 4.78 is 6.25. The second kappa shape index (κ2) is 7.07. The molecule has 1 aromatic carbocycles. The average molecular weight is 373 g/mol. The summed E-state index contributed by atoms with van der Waals surface area (Å²) >= 11 is 12.7. The van der Waals surface area contributed by atoms with Crippen molar-refractivity contribution >= 4 is 62.7 Å². The highest BCUT2D eigenvalue weighted by Crippen LogP contribution is 2.32. The Morgan fingerprint density at radius 1 is 1.48 bits per heavy atom. The second-order valence-electron chi connectivity index (χ2n) is 5.97. The zero-order chi connectivity index (χ0) is 17.2. The first-order chi connectivity index (χ1) is 10.7. The van der Waals surface area contributed by atoms with E-state index in [0.717, 1.165) is 0 Å². The predicted octanol–water partition coefficient (Wildman–Crippen LogP) is 4.68. The Hall–Kier alpha value is -1.31. The lowest BCUT2D eigenvalue weighted by molar-refractivity contribution is -0.136. The molecule has 0 saturated heterocycles. The van der Waals surface area contributed by atoms with Crippen LogP contribution in [0.4, 0.5) is 5.69 Å². The van der Waals surface area contributed by atoms with Crippen LogP contribution >= 0.6 is 35.6 Å². The van der Waals surface area contributed by atoms with E-state index in [9.17, 15) is 4.79 Å². The van der Waals surface area contributed by atoms with Gasteiger partial charge in [0.05, 0.1) is 17.1 Å². The van der Waals surface area contributed by atoms with E-state index >= 15 is 0 Å². The van der Waals surface area contributed by atoms with E-state index in [-0.39, 0.29) is 11.8 Å². The molecule has 0 bridgehead atoms. The van der Waals surface area contributed by atoms with Gasteiger partial charge in [0, 0.05) is 17.2 Å². The molecule has 0 aliphatic carbocycles. The Morgan fingerprint density at radius 3 is 2.78 bits per heavy atom. The minimum absolute atomic E-state index is 0.0519. The number of anilines is 1. The molecular formula is C15H17ClN2O3S2. The first kappa shape index (κ1) is 18.0. The highest BCUT2D eigenvalue weighted by Gasteiger charge is 2.21. The number of fused-ring (bicyclic) bond motifs is 1. The van der Waals surface area contributed by atoms with Gasteiger partial charge in [-0.25, -0.2) is 4.98 Å². The number of aromatic nitrogens is 1. The third kappa shape index (κ3) is 4.83. The van der Waals surface area contributed by atoms with Crippen LogP contribution in [0.15, 0.2) is 16.5 Å². The van der Waals surface area contributed by atoms with Crippen molar-refractivity contribution in [1.82, 2.24) is 4.98 Å². The molecule has 0 amide bonds. The number of hydrogen-bond donors (Lipinski definition) is 2. The van der Waals surface area contributed by atoms with Crippen LogP contribution in [0, 0.1) is 0 Å². The van der Waals surface area contributed by atoms with Crippen molar-refractivity contribution in [2.24, 2.45) is 0 Å². The second-order valence-corrected chi connectivity index (χ2v) is 8.15. The van der Waals surface area contributed by atoms with Crippen molar-refractivity contribution in [3.63, 3.8) is 0 Å². The van der Waals surface area contributed by atoms with Gasteiger partial charge in [-0.1, -0.05) is 56.4 Å². The molecule has 0 spiro atoms. The first-order valence-electron chi connectivity index (χ1n) is 6.93. The SMILES string of the molecule is CC(C)(C)c1nc2cc(Cl)c(NC(=S)SCCC(=O)O)cc2o1. The third-order valence-electron chi connectivity index (χ3n) is 2.90. The summed E-state index contributed by atoms with van der Waals surface area (Å²) in [5, 5.41) is 12.1. The van der Waals surface area contributed by atoms with Gasteiger partial charge in [0.15, 0.2) is 5.58 Å². The molecule has 2 N–H and O–H groups in total. The standard InChI is InChI=1S/C15H17ClN2O3S2/c1-15(2,3)13-17-10-6-8(16)9(7-11(10)21-13)18-14(22)23-5-4-12(19)20/h6-7H,4-5H2,1-3H3,(H,18,22)(H,19,20). The van der Waals surface area contributed by atoms with E-state index in [2.05, 4.69) is 10.3 Å². The van der Waals surface area contributed by atoms with Gasteiger partial charge in [0.2, 0.25) is 5.89 Å². The quantitative estimate of drug-likeness (QED) is 0.754. The maximum atomic E-state index is 10.5. The van der Waals surface area contributed by atoms with Gasteiger partial charge in [-0.05, 0) is 6.07 Å². The lowest BCUT2D eigenvalue weighted by Crippen LogP contribution is -2.10. The van der Waals surface area contributed by atoms with Gasteiger partial charge in [-0.15, -0.1) is 0 Å². The normalized spacial score (nSPS) is 11.7. The number of thioether (sulfide) groups is 1. The monoisotopic (exact) mass is 372 g/mol. The molecule has 1 aromatic heterocycles. The summed E-state index contributed by atoms with van der Waals surface area (Å²) in [5.41, 5.74) is 1.74. The zero-order valence-corrected chi connectivity index (χ0v) is 15.4. The van der Waals surface area contributed by atoms with Crippen molar-refractivity contribution in [2.45, 2.75) is 32.6 Å². The van der Waals surface area contributed by atoms with E-state index in [1.165, 1.54) is 11.8 Å². The Balaban J connectivity index is 2.16. The van der Waals surface area contributed by atoms with Gasteiger partial charge >= 0.3 is 5.97 Å². The van der Waals surface area contributed by atoms with Crippen LogP contribution in [0.5, 0.6) is 0 Å². The largest absolute Gasteiger partial charge is 0.481 e. The number of carboxylic acids is 1. The summed E-state index contributed by atoms with van der Waals surface area (Å²) in [5.74, 6) is 0.188. The van der Waals surface area contributed by atoms with Crippen LogP contribution in [0.1, 0.15) is 33.1 Å². The fourth-order valence-corrected chi connectivity index (χ4v) is 2.95. The van der Waals surface area contributed by atoms with Gasteiger partial charge in [-0.3, -0.25) is 4.79 Å². The molecule has 8 heteroatoms. The van der Waals surface area contributed by atoms with Crippen molar-refractivity contribution < 1.29 is 14.3 Å². The maximum absolute atomic E-state index is 10.5. The topological polar surface area (TPSA) is 75.4 Å². The fourth-order valence-electron chi connectivity index (χ4n) is 1.74. The number of benzene rings is 1. The number of carbonyl (C=O) groups is 1. The molecule has 2 aromatic rings. The third-order valence-corrected chi connectivity index (χ3v) is 4.45. The predicted molar refractivity (Wildman–Crippen MR) is 98.7 cm³/mol. The number of thiocarbonyl (C=S) groups is 1. The van der Waals surface area contributed by atoms with E-state index in [1.807, 2.05) is 20.8 Å². The van der Waals surface area contributed by atoms with Crippen LogP contribution < -0.4 is 5.32 Å². The summed E-state index contributed by atoms with van der Waals surface area (Å²) in [6.07, 6.45) is 0.0519. The lowest BCUT2D eigenvalue weighted by atomic mass is 9.97. The van der Waals surface area contributed by atoms with E-state index in [1.54, 1.807) is 12.1 Å². The number of hydrogen-bond acceptors (Lipinski definition) is 5. The van der Waals surface area contributed by atoms with Crippen LogP contribution in [-0.4, -0.2) is 26.1 Å². The number of nitrogens with one attached hydrogen (secondary N) is 1. The van der Waals surface area contributed by atoms with E-state index < -0.39 is 5.97 Å². The molecule has 124 valence electrons. The van der Waals surface area contributed by atoms with Crippen molar-refractivity contribution in [1.29, 1.82) is 0 Å². The van der Waals surface area contributed by atoms with Crippen LogP contribution in [0.25, 0.3) is 11.1 Å². The first-order valence-corrected chi connectivity index (χ1v) is 8.70. The molecule has 5 nitrogen and oxygen atoms in total. The summed E-state index contributed by atoms with van der Waals surface area (Å²) in [7, 11) is 0. The number of aliphatic carboxylic acids is 1. The number of rotatable bonds is 4. The van der Waals surface area contributed by atoms with Crippen LogP contribution in [0.2, 0.25) is 5.02 Å². The number of nitrogens with zero attached hydrogens (tertiary/aromatic N) is 1. The smallest absolute Gasteiger partial charge is 0.304 e. The van der Waals surface area contributed by atoms with Gasteiger partial charge in [0.25, 0.3) is 0 Å². The number of oxazole rings is 1. The summed E-state index contributed by atoms with van der Waals surface area (Å²) in [4.78, 5) is 15.0. The van der Waals surface area contributed by atoms with Crippen molar-refractivity contribution in [3.8, 4) is 0 Å². The molecule has 0 aliphatic heterocycles. The highest BCUT2D eigenvalue weighted by atomic mass is 35.5. The van der Waals surface area contributed by atoms with Crippen LogP contribution in [-0.2, 0) is 10.2 Å². The Bertz CT molecular complexity index is 753. The zero-order valence-electron chi connectivity index (χ0n) is 13.0. The minimum Gasteiger partial charge on any atom is -0.481 e. The summed E-state index contributed by atoms with van der Waals surface area (Å²) in [6, 6.07) is 3.48. The van der Waals surface area contributed by atoms with Gasteiger partial charge in [-0.2, -0.15) is 0 Å². The molecule has 2 rings (SSSR count). The highest BCUT2D eigenvalue weighted by molar-refractivity contribution is 8.23. The summed E-state index contributed by atoms with van der Waals surface area (Å²) in [6.45, 7) is 6.06. The van der Waals surface area contributed by atoms with Crippen molar-refractivity contribution in [2.75, 3.05) is 11.1 Å². The fraction of sp³-hybridized carbons (Fsp3) is 0.400. The van der Waals surface area contributed by atoms with E-state index in [4.69, 9.17) is 33.3 Å². The average Bonchev–Trinajstić information content (AvgIpc) is 2.81. The molecule has 0 unspecified atom stereocenters. The number of halogens is 1. The molecule has 1 heterocycles. The molecular weight excluding hydrogens is 356 g/mol. The Labute approximate surface area is 148 Å². The Kier molecular flexibility index (Phi) is 5.54. The van der Waals surface area contributed by atoms with E-state index in [0.29, 0.717) is 37.8 Å².